The Labute approximate surface area is 114 Å². The van der Waals surface area contributed by atoms with Crippen LogP contribution in [0.3, 0.4) is 0 Å². The molecule has 2 bridgehead atoms. The van der Waals surface area contributed by atoms with Gasteiger partial charge in [0.15, 0.2) is 0 Å². The highest BCUT2D eigenvalue weighted by Crippen LogP contribution is 2.41. The summed E-state index contributed by atoms with van der Waals surface area (Å²) in [6, 6.07) is 3.67. The number of nitrogen functional groups attached to an aromatic ring is 1. The topological polar surface area (TPSA) is 63.4 Å². The maximum atomic E-state index is 12.8. The fourth-order valence-electron chi connectivity index (χ4n) is 3.34. The van der Waals surface area contributed by atoms with Crippen LogP contribution in [-0.4, -0.2) is 25.3 Å². The van der Waals surface area contributed by atoms with Crippen LogP contribution >= 0.6 is 0 Å². The van der Waals surface area contributed by atoms with Crippen molar-refractivity contribution in [2.75, 3.05) is 12.3 Å². The molecule has 0 spiro atoms. The molecule has 2 fully saturated rings. The van der Waals surface area contributed by atoms with Crippen LogP contribution in [0.2, 0.25) is 0 Å². The van der Waals surface area contributed by atoms with Crippen molar-refractivity contribution in [2.24, 2.45) is 5.92 Å². The third kappa shape index (κ3) is 1.96. The molecule has 1 aliphatic carbocycles. The molecule has 5 heteroatoms. The van der Waals surface area contributed by atoms with E-state index in [9.17, 15) is 8.42 Å². The molecule has 104 valence electrons. The Balaban J connectivity index is 2.03. The number of benzene rings is 1. The van der Waals surface area contributed by atoms with Crippen molar-refractivity contribution in [3.63, 3.8) is 0 Å². The molecule has 2 atom stereocenters. The highest BCUT2D eigenvalue weighted by Gasteiger charge is 2.44. The number of nitrogens with zero attached hydrogens (tertiary/aromatic N) is 1. The van der Waals surface area contributed by atoms with Crippen LogP contribution in [0.15, 0.2) is 17.0 Å². The molecule has 0 aromatic heterocycles. The zero-order valence-corrected chi connectivity index (χ0v) is 12.2. The van der Waals surface area contributed by atoms with Gasteiger partial charge in [0.2, 0.25) is 10.0 Å². The third-order valence-electron chi connectivity index (χ3n) is 4.57. The quantitative estimate of drug-likeness (QED) is 0.843. The van der Waals surface area contributed by atoms with Gasteiger partial charge < -0.3 is 5.73 Å². The molecule has 1 aliphatic heterocycles. The number of nitrogens with two attached hydrogens (primary N) is 1. The molecule has 4 nitrogen and oxygen atoms in total. The predicted octanol–water partition coefficient (Wildman–Crippen LogP) is 2.06. The number of piperidine rings is 1. The third-order valence-corrected chi connectivity index (χ3v) is 6.55. The molecule has 0 radical (unpaired) electrons. The van der Waals surface area contributed by atoms with Crippen molar-refractivity contribution < 1.29 is 8.42 Å². The van der Waals surface area contributed by atoms with Crippen LogP contribution in [0, 0.1) is 19.8 Å². The minimum Gasteiger partial charge on any atom is -0.398 e. The lowest BCUT2D eigenvalue weighted by Crippen LogP contribution is -2.37. The average molecular weight is 280 g/mol. The second-order valence-electron chi connectivity index (χ2n) is 5.88. The Kier molecular flexibility index (Phi) is 2.87. The SMILES string of the molecule is Cc1cc(N)c(S(=O)(=O)N2CC3CCC2C3)cc1C. The van der Waals surface area contributed by atoms with Gasteiger partial charge >= 0.3 is 0 Å². The van der Waals surface area contributed by atoms with E-state index < -0.39 is 10.0 Å². The molecule has 1 saturated heterocycles. The van der Waals surface area contributed by atoms with E-state index in [4.69, 9.17) is 5.73 Å². The number of hydrogen-bond acceptors (Lipinski definition) is 3. The zero-order chi connectivity index (χ0) is 13.8. The van der Waals surface area contributed by atoms with Crippen molar-refractivity contribution in [3.8, 4) is 0 Å². The summed E-state index contributed by atoms with van der Waals surface area (Å²) in [6.45, 7) is 4.53. The number of anilines is 1. The first-order valence-corrected chi connectivity index (χ1v) is 8.22. The number of sulfonamides is 1. The Morgan fingerprint density at radius 1 is 1.21 bits per heavy atom. The van der Waals surface area contributed by atoms with E-state index in [2.05, 4.69) is 0 Å². The molecule has 3 rings (SSSR count). The fraction of sp³-hybridized carbons (Fsp3) is 0.571. The lowest BCUT2D eigenvalue weighted by atomic mass is 10.1. The van der Waals surface area contributed by atoms with Gasteiger partial charge in [-0.05, 0) is 62.3 Å². The van der Waals surface area contributed by atoms with Crippen molar-refractivity contribution >= 4 is 15.7 Å². The highest BCUT2D eigenvalue weighted by atomic mass is 32.2. The van der Waals surface area contributed by atoms with Crippen LogP contribution < -0.4 is 5.73 Å². The number of rotatable bonds is 2. The van der Waals surface area contributed by atoms with Gasteiger partial charge in [0.25, 0.3) is 0 Å². The molecule has 1 heterocycles. The largest absolute Gasteiger partial charge is 0.398 e. The predicted molar refractivity (Wildman–Crippen MR) is 75.3 cm³/mol. The van der Waals surface area contributed by atoms with E-state index in [0.29, 0.717) is 18.2 Å². The lowest BCUT2D eigenvalue weighted by molar-refractivity contribution is 0.333. The summed E-state index contributed by atoms with van der Waals surface area (Å²) in [6.07, 6.45) is 3.18. The van der Waals surface area contributed by atoms with E-state index in [0.717, 1.165) is 24.0 Å². The van der Waals surface area contributed by atoms with Gasteiger partial charge in [-0.3, -0.25) is 0 Å². The van der Waals surface area contributed by atoms with Crippen molar-refractivity contribution in [3.05, 3.63) is 23.3 Å². The number of aryl methyl sites for hydroxylation is 2. The minimum atomic E-state index is -3.43. The Morgan fingerprint density at radius 3 is 2.47 bits per heavy atom. The van der Waals surface area contributed by atoms with E-state index in [-0.39, 0.29) is 10.9 Å². The van der Waals surface area contributed by atoms with Gasteiger partial charge in [-0.25, -0.2) is 8.42 Å². The number of hydrogen-bond donors (Lipinski definition) is 1. The van der Waals surface area contributed by atoms with Crippen molar-refractivity contribution in [1.29, 1.82) is 0 Å². The van der Waals surface area contributed by atoms with Crippen molar-refractivity contribution in [1.82, 2.24) is 4.31 Å². The molecule has 2 aliphatic rings. The van der Waals surface area contributed by atoms with Gasteiger partial charge in [0.05, 0.1) is 5.69 Å². The summed E-state index contributed by atoms with van der Waals surface area (Å²) in [4.78, 5) is 0.281. The molecule has 2 unspecified atom stereocenters. The first-order chi connectivity index (χ1) is 8.89. The van der Waals surface area contributed by atoms with E-state index in [1.165, 1.54) is 6.42 Å². The molecule has 19 heavy (non-hydrogen) atoms. The minimum absolute atomic E-state index is 0.191. The summed E-state index contributed by atoms with van der Waals surface area (Å²) in [7, 11) is -3.43. The second-order valence-corrected chi connectivity index (χ2v) is 7.74. The van der Waals surface area contributed by atoms with Gasteiger partial charge in [-0.1, -0.05) is 0 Å². The summed E-state index contributed by atoms with van der Waals surface area (Å²) in [5.41, 5.74) is 8.30. The molecule has 2 N–H and O–H groups in total. The van der Waals surface area contributed by atoms with Gasteiger partial charge in [0.1, 0.15) is 4.90 Å². The Morgan fingerprint density at radius 2 is 1.89 bits per heavy atom. The summed E-state index contributed by atoms with van der Waals surface area (Å²) < 4.78 is 27.2. The maximum Gasteiger partial charge on any atom is 0.245 e. The first-order valence-electron chi connectivity index (χ1n) is 6.78. The smallest absolute Gasteiger partial charge is 0.245 e. The zero-order valence-electron chi connectivity index (χ0n) is 11.4. The lowest BCUT2D eigenvalue weighted by Gasteiger charge is -2.27. The summed E-state index contributed by atoms with van der Waals surface area (Å²) in [5.74, 6) is 0.549. The molecular formula is C14H20N2O2S. The van der Waals surface area contributed by atoms with Gasteiger partial charge in [0, 0.05) is 12.6 Å². The van der Waals surface area contributed by atoms with Gasteiger partial charge in [-0.15, -0.1) is 0 Å². The van der Waals surface area contributed by atoms with E-state index in [1.807, 2.05) is 13.8 Å². The highest BCUT2D eigenvalue weighted by molar-refractivity contribution is 7.89. The fourth-order valence-corrected chi connectivity index (χ4v) is 5.26. The van der Waals surface area contributed by atoms with Gasteiger partial charge in [-0.2, -0.15) is 4.31 Å². The van der Waals surface area contributed by atoms with Crippen LogP contribution in [0.5, 0.6) is 0 Å². The van der Waals surface area contributed by atoms with Crippen LogP contribution in [-0.2, 0) is 10.0 Å². The Bertz CT molecular complexity index is 625. The normalized spacial score (nSPS) is 27.1. The standard InChI is InChI=1S/C14H20N2O2S/c1-9-5-13(15)14(6-10(9)2)19(17,18)16-8-11-3-4-12(16)7-11/h5-6,11-12H,3-4,7-8,15H2,1-2H3. The molecule has 1 aromatic rings. The second kappa shape index (κ2) is 4.21. The van der Waals surface area contributed by atoms with Crippen LogP contribution in [0.4, 0.5) is 5.69 Å². The van der Waals surface area contributed by atoms with Crippen LogP contribution in [0.1, 0.15) is 30.4 Å². The molecule has 1 aromatic carbocycles. The van der Waals surface area contributed by atoms with E-state index in [1.54, 1.807) is 16.4 Å². The van der Waals surface area contributed by atoms with Crippen molar-refractivity contribution in [2.45, 2.75) is 44.0 Å². The Hall–Kier alpha value is -1.07. The van der Waals surface area contributed by atoms with E-state index >= 15 is 0 Å². The first kappa shape index (κ1) is 12.9. The molecular weight excluding hydrogens is 260 g/mol. The maximum absolute atomic E-state index is 12.8. The summed E-state index contributed by atoms with van der Waals surface area (Å²) >= 11 is 0. The average Bonchev–Trinajstić information content (AvgIpc) is 2.95. The molecule has 1 saturated carbocycles. The number of fused-ring (bicyclic) bond motifs is 2. The molecule has 0 amide bonds. The monoisotopic (exact) mass is 280 g/mol. The summed E-state index contributed by atoms with van der Waals surface area (Å²) in [5, 5.41) is 0. The van der Waals surface area contributed by atoms with Crippen LogP contribution in [0.25, 0.3) is 0 Å².